The van der Waals surface area contributed by atoms with Gasteiger partial charge in [0, 0.05) is 10.5 Å². The Kier molecular flexibility index (Phi) is 5.77. The summed E-state index contributed by atoms with van der Waals surface area (Å²) in [4.78, 5) is 37.3. The maximum absolute atomic E-state index is 12.5. The van der Waals surface area contributed by atoms with Crippen LogP contribution in [0.1, 0.15) is 18.1 Å². The second-order valence-corrected chi connectivity index (χ2v) is 7.80. The van der Waals surface area contributed by atoms with Crippen molar-refractivity contribution in [2.75, 3.05) is 0 Å². The first-order valence-corrected chi connectivity index (χ1v) is 9.60. The Balaban J connectivity index is 1.74. The smallest absolute Gasteiger partial charge is 0.308 e. The highest BCUT2D eigenvalue weighted by molar-refractivity contribution is 14.1. The van der Waals surface area contributed by atoms with Gasteiger partial charge in [-0.05, 0) is 75.8 Å². The number of esters is 1. The molecule has 0 unspecified atom stereocenters. The van der Waals surface area contributed by atoms with E-state index in [0.717, 1.165) is 26.5 Å². The van der Waals surface area contributed by atoms with Crippen LogP contribution in [0.2, 0.25) is 0 Å². The third-order valence-corrected chi connectivity index (χ3v) is 5.19. The van der Waals surface area contributed by atoms with Crippen molar-refractivity contribution in [2.24, 2.45) is 0 Å². The van der Waals surface area contributed by atoms with Gasteiger partial charge in [0.05, 0.1) is 11.4 Å². The lowest BCUT2D eigenvalue weighted by Gasteiger charge is -2.12. The van der Waals surface area contributed by atoms with Gasteiger partial charge in [-0.3, -0.25) is 19.3 Å². The van der Waals surface area contributed by atoms with Crippen LogP contribution < -0.4 is 4.74 Å². The maximum atomic E-state index is 12.5. The molecule has 0 aromatic heterocycles. The number of hydrogen-bond acceptors (Lipinski definition) is 5. The topological polar surface area (TPSA) is 63.7 Å². The van der Waals surface area contributed by atoms with Crippen molar-refractivity contribution in [2.45, 2.75) is 13.5 Å². The van der Waals surface area contributed by atoms with Gasteiger partial charge in [0.1, 0.15) is 5.75 Å². The van der Waals surface area contributed by atoms with Crippen molar-refractivity contribution in [1.82, 2.24) is 4.90 Å². The average Bonchev–Trinajstić information content (AvgIpc) is 2.85. The van der Waals surface area contributed by atoms with Crippen LogP contribution in [-0.4, -0.2) is 22.0 Å². The van der Waals surface area contributed by atoms with Crippen LogP contribution in [0.4, 0.5) is 4.79 Å². The Hall–Kier alpha value is -2.13. The molecule has 0 spiro atoms. The minimum absolute atomic E-state index is 0.254. The molecule has 1 aliphatic heterocycles. The molecular weight excluding hydrogens is 465 g/mol. The van der Waals surface area contributed by atoms with E-state index in [1.165, 1.54) is 11.8 Å². The van der Waals surface area contributed by atoms with Gasteiger partial charge in [0.15, 0.2) is 0 Å². The highest BCUT2D eigenvalue weighted by Crippen LogP contribution is 2.33. The van der Waals surface area contributed by atoms with Crippen molar-refractivity contribution >= 4 is 57.5 Å². The molecule has 0 bridgehead atoms. The van der Waals surface area contributed by atoms with E-state index in [0.29, 0.717) is 10.7 Å². The first kappa shape index (κ1) is 18.7. The molecule has 7 heteroatoms. The molecule has 0 radical (unpaired) electrons. The van der Waals surface area contributed by atoms with Crippen LogP contribution in [0.15, 0.2) is 53.4 Å². The molecule has 1 heterocycles. The summed E-state index contributed by atoms with van der Waals surface area (Å²) in [6.45, 7) is 1.59. The van der Waals surface area contributed by atoms with Gasteiger partial charge < -0.3 is 4.74 Å². The average molecular weight is 479 g/mol. The molecule has 2 aromatic rings. The molecule has 132 valence electrons. The van der Waals surface area contributed by atoms with Crippen LogP contribution in [0.3, 0.4) is 0 Å². The van der Waals surface area contributed by atoms with Crippen molar-refractivity contribution in [1.29, 1.82) is 0 Å². The fraction of sp³-hybridized carbons (Fsp3) is 0.105. The van der Waals surface area contributed by atoms with Crippen LogP contribution in [0, 0.1) is 3.57 Å². The van der Waals surface area contributed by atoms with Crippen LogP contribution in [0.5, 0.6) is 5.75 Å². The summed E-state index contributed by atoms with van der Waals surface area (Å²) in [6.07, 6.45) is 1.66. The van der Waals surface area contributed by atoms with Crippen molar-refractivity contribution in [3.8, 4) is 5.75 Å². The molecule has 2 aromatic carbocycles. The molecule has 3 rings (SSSR count). The molecule has 5 nitrogen and oxygen atoms in total. The molecule has 0 N–H and O–H groups in total. The molecule has 0 aliphatic carbocycles. The minimum Gasteiger partial charge on any atom is -0.427 e. The van der Waals surface area contributed by atoms with Crippen molar-refractivity contribution < 1.29 is 19.1 Å². The number of amides is 2. The predicted octanol–water partition coefficient (Wildman–Crippen LogP) is 4.45. The standard InChI is InChI=1S/C19H14INO4S/c1-12(22)25-16-8-4-13(5-9-16)10-17-18(23)21(19(24)26-17)11-14-2-6-15(20)7-3-14/h2-10H,11H2,1H3/b17-10+. The van der Waals surface area contributed by atoms with Gasteiger partial charge in [-0.25, -0.2) is 0 Å². The first-order valence-electron chi connectivity index (χ1n) is 7.70. The second kappa shape index (κ2) is 8.05. The van der Waals surface area contributed by atoms with E-state index >= 15 is 0 Å². The Morgan fingerprint density at radius 3 is 2.38 bits per heavy atom. The number of halogens is 1. The van der Waals surface area contributed by atoms with Crippen molar-refractivity contribution in [3.63, 3.8) is 0 Å². The SMILES string of the molecule is CC(=O)Oc1ccc(/C=C2/SC(=O)N(Cc3ccc(I)cc3)C2=O)cc1. The van der Waals surface area contributed by atoms with Gasteiger partial charge >= 0.3 is 5.97 Å². The van der Waals surface area contributed by atoms with E-state index in [-0.39, 0.29) is 17.7 Å². The zero-order valence-corrected chi connectivity index (χ0v) is 16.7. The summed E-state index contributed by atoms with van der Waals surface area (Å²) >= 11 is 3.13. The lowest BCUT2D eigenvalue weighted by Crippen LogP contribution is -2.27. The van der Waals surface area contributed by atoms with Gasteiger partial charge in [0.2, 0.25) is 0 Å². The minimum atomic E-state index is -0.394. The number of benzene rings is 2. The van der Waals surface area contributed by atoms with E-state index in [1.54, 1.807) is 30.3 Å². The Labute approximate surface area is 168 Å². The van der Waals surface area contributed by atoms with Crippen LogP contribution in [-0.2, 0) is 16.1 Å². The summed E-state index contributed by atoms with van der Waals surface area (Å²) in [5.41, 5.74) is 1.65. The fourth-order valence-electron chi connectivity index (χ4n) is 2.36. The van der Waals surface area contributed by atoms with E-state index in [2.05, 4.69) is 22.6 Å². The first-order chi connectivity index (χ1) is 12.4. The molecule has 1 aliphatic rings. The van der Waals surface area contributed by atoms with E-state index in [1.807, 2.05) is 24.3 Å². The monoisotopic (exact) mass is 479 g/mol. The molecular formula is C19H14INO4S. The summed E-state index contributed by atoms with van der Waals surface area (Å²) in [7, 11) is 0. The van der Waals surface area contributed by atoms with Gasteiger partial charge in [-0.2, -0.15) is 0 Å². The van der Waals surface area contributed by atoms with Crippen LogP contribution >= 0.6 is 34.4 Å². The molecule has 1 saturated heterocycles. The Bertz CT molecular complexity index is 891. The Morgan fingerprint density at radius 1 is 1.12 bits per heavy atom. The quantitative estimate of drug-likeness (QED) is 0.281. The third-order valence-electron chi connectivity index (χ3n) is 3.57. The molecule has 26 heavy (non-hydrogen) atoms. The summed E-state index contributed by atoms with van der Waals surface area (Å²) in [5.74, 6) is -0.265. The number of carbonyl (C=O) groups excluding carboxylic acids is 3. The number of imide groups is 1. The largest absolute Gasteiger partial charge is 0.427 e. The lowest BCUT2D eigenvalue weighted by atomic mass is 10.2. The number of hydrogen-bond donors (Lipinski definition) is 0. The zero-order chi connectivity index (χ0) is 18.7. The van der Waals surface area contributed by atoms with Gasteiger partial charge in [-0.15, -0.1) is 0 Å². The number of ether oxygens (including phenoxy) is 1. The number of nitrogens with zero attached hydrogens (tertiary/aromatic N) is 1. The predicted molar refractivity (Wildman–Crippen MR) is 108 cm³/mol. The fourth-order valence-corrected chi connectivity index (χ4v) is 3.56. The van der Waals surface area contributed by atoms with E-state index < -0.39 is 5.97 Å². The third kappa shape index (κ3) is 4.53. The molecule has 1 fully saturated rings. The highest BCUT2D eigenvalue weighted by Gasteiger charge is 2.34. The summed E-state index contributed by atoms with van der Waals surface area (Å²) < 4.78 is 6.07. The summed E-state index contributed by atoms with van der Waals surface area (Å²) in [5, 5.41) is -0.281. The highest BCUT2D eigenvalue weighted by atomic mass is 127. The normalized spacial score (nSPS) is 15.6. The second-order valence-electron chi connectivity index (χ2n) is 5.56. The molecule has 0 saturated carbocycles. The van der Waals surface area contributed by atoms with Gasteiger partial charge in [-0.1, -0.05) is 24.3 Å². The number of carbonyl (C=O) groups is 3. The molecule has 0 atom stereocenters. The van der Waals surface area contributed by atoms with E-state index in [9.17, 15) is 14.4 Å². The van der Waals surface area contributed by atoms with Gasteiger partial charge in [0.25, 0.3) is 11.1 Å². The zero-order valence-electron chi connectivity index (χ0n) is 13.8. The van der Waals surface area contributed by atoms with E-state index in [4.69, 9.17) is 4.74 Å². The van der Waals surface area contributed by atoms with Crippen LogP contribution in [0.25, 0.3) is 6.08 Å². The maximum Gasteiger partial charge on any atom is 0.308 e. The lowest BCUT2D eigenvalue weighted by molar-refractivity contribution is -0.131. The van der Waals surface area contributed by atoms with Crippen molar-refractivity contribution in [3.05, 3.63) is 68.1 Å². The molecule has 2 amide bonds. The summed E-state index contributed by atoms with van der Waals surface area (Å²) in [6, 6.07) is 14.4. The Morgan fingerprint density at radius 2 is 1.77 bits per heavy atom. The number of rotatable bonds is 4. The number of thioether (sulfide) groups is 1.